The number of carbonyl (C=O) groups excluding carboxylic acids is 1. The lowest BCUT2D eigenvalue weighted by atomic mass is 9.85. The Hall–Kier alpha value is -1.51. The van der Waals surface area contributed by atoms with Crippen molar-refractivity contribution in [2.24, 2.45) is 5.41 Å². The van der Waals surface area contributed by atoms with Crippen LogP contribution in [-0.4, -0.2) is 12.1 Å². The molecule has 0 heterocycles. The number of hydrogen-bond acceptors (Lipinski definition) is 2. The number of hydrogen-bond donors (Lipinski definition) is 1. The molecule has 1 atom stereocenters. The van der Waals surface area contributed by atoms with Gasteiger partial charge in [-0.05, 0) is 17.4 Å². The smallest absolute Gasteiger partial charge is 0.407 e. The highest BCUT2D eigenvalue weighted by Crippen LogP contribution is 2.21. The molecule has 0 spiro atoms. The van der Waals surface area contributed by atoms with Gasteiger partial charge in [-0.3, -0.25) is 0 Å². The SMILES string of the molecule is C[CH]C(NC(=O)OCc1ccccc1)C(C)(C)C. The van der Waals surface area contributed by atoms with Crippen molar-refractivity contribution in [3.8, 4) is 0 Å². The summed E-state index contributed by atoms with van der Waals surface area (Å²) in [7, 11) is 0. The third-order valence-electron chi connectivity index (χ3n) is 2.75. The van der Waals surface area contributed by atoms with Crippen LogP contribution in [-0.2, 0) is 11.3 Å². The van der Waals surface area contributed by atoms with Gasteiger partial charge in [0.1, 0.15) is 6.61 Å². The highest BCUT2D eigenvalue weighted by Gasteiger charge is 2.25. The van der Waals surface area contributed by atoms with Crippen molar-refractivity contribution in [1.29, 1.82) is 0 Å². The first kappa shape index (κ1) is 14.6. The Labute approximate surface area is 110 Å². The summed E-state index contributed by atoms with van der Waals surface area (Å²) in [6, 6.07) is 9.65. The zero-order valence-corrected chi connectivity index (χ0v) is 11.6. The fourth-order valence-corrected chi connectivity index (χ4v) is 1.69. The van der Waals surface area contributed by atoms with E-state index in [-0.39, 0.29) is 17.6 Å². The molecular weight excluding hydrogens is 226 g/mol. The molecule has 0 saturated carbocycles. The molecule has 0 aliphatic carbocycles. The van der Waals surface area contributed by atoms with Gasteiger partial charge in [0.2, 0.25) is 0 Å². The lowest BCUT2D eigenvalue weighted by Crippen LogP contribution is -2.43. The first-order chi connectivity index (χ1) is 8.43. The lowest BCUT2D eigenvalue weighted by Gasteiger charge is -2.29. The second kappa shape index (κ2) is 6.43. The van der Waals surface area contributed by atoms with Crippen molar-refractivity contribution in [2.75, 3.05) is 0 Å². The van der Waals surface area contributed by atoms with Crippen molar-refractivity contribution in [3.05, 3.63) is 42.3 Å². The number of benzene rings is 1. The topological polar surface area (TPSA) is 38.3 Å². The minimum Gasteiger partial charge on any atom is -0.445 e. The molecule has 18 heavy (non-hydrogen) atoms. The number of amides is 1. The molecule has 0 aliphatic heterocycles. The number of rotatable bonds is 4. The van der Waals surface area contributed by atoms with E-state index in [1.165, 1.54) is 0 Å². The fourth-order valence-electron chi connectivity index (χ4n) is 1.69. The summed E-state index contributed by atoms with van der Waals surface area (Å²) in [5.41, 5.74) is 0.973. The Bertz CT molecular complexity index is 368. The van der Waals surface area contributed by atoms with Crippen molar-refractivity contribution < 1.29 is 9.53 Å². The van der Waals surface area contributed by atoms with Crippen LogP contribution in [0.4, 0.5) is 4.79 Å². The second-order valence-corrected chi connectivity index (χ2v) is 5.38. The van der Waals surface area contributed by atoms with Gasteiger partial charge < -0.3 is 10.1 Å². The quantitative estimate of drug-likeness (QED) is 0.885. The van der Waals surface area contributed by atoms with Crippen molar-refractivity contribution in [3.63, 3.8) is 0 Å². The molecule has 0 aromatic heterocycles. The Morgan fingerprint density at radius 1 is 1.33 bits per heavy atom. The minimum absolute atomic E-state index is 0.000716. The molecular formula is C15H22NO2. The van der Waals surface area contributed by atoms with Gasteiger partial charge in [-0.15, -0.1) is 0 Å². The van der Waals surface area contributed by atoms with E-state index >= 15 is 0 Å². The van der Waals surface area contributed by atoms with E-state index in [1.807, 2.05) is 43.7 Å². The number of ether oxygens (including phenoxy) is 1. The predicted molar refractivity (Wildman–Crippen MR) is 73.0 cm³/mol. The summed E-state index contributed by atoms with van der Waals surface area (Å²) in [6.45, 7) is 8.47. The maximum absolute atomic E-state index is 11.7. The van der Waals surface area contributed by atoms with Crippen LogP contribution in [0.25, 0.3) is 0 Å². The highest BCUT2D eigenvalue weighted by molar-refractivity contribution is 5.68. The molecule has 0 aliphatic rings. The minimum atomic E-state index is -0.378. The van der Waals surface area contributed by atoms with Crippen LogP contribution >= 0.6 is 0 Å². The Kier molecular flexibility index (Phi) is 5.20. The van der Waals surface area contributed by atoms with Gasteiger partial charge in [0, 0.05) is 6.04 Å². The Morgan fingerprint density at radius 3 is 2.44 bits per heavy atom. The van der Waals surface area contributed by atoms with Crippen LogP contribution in [0.15, 0.2) is 30.3 Å². The third-order valence-corrected chi connectivity index (χ3v) is 2.75. The van der Waals surface area contributed by atoms with E-state index in [0.29, 0.717) is 6.61 Å². The maximum atomic E-state index is 11.7. The Morgan fingerprint density at radius 2 is 1.94 bits per heavy atom. The maximum Gasteiger partial charge on any atom is 0.407 e. The third kappa shape index (κ3) is 4.78. The molecule has 1 amide bonds. The summed E-state index contributed by atoms with van der Waals surface area (Å²) < 4.78 is 5.19. The van der Waals surface area contributed by atoms with Gasteiger partial charge in [-0.25, -0.2) is 4.79 Å². The van der Waals surface area contributed by atoms with E-state index < -0.39 is 0 Å². The van der Waals surface area contributed by atoms with Gasteiger partial charge in [0.15, 0.2) is 0 Å². The lowest BCUT2D eigenvalue weighted by molar-refractivity contribution is 0.129. The van der Waals surface area contributed by atoms with Crippen molar-refractivity contribution in [2.45, 2.75) is 40.3 Å². The van der Waals surface area contributed by atoms with Crippen molar-refractivity contribution in [1.82, 2.24) is 5.32 Å². The van der Waals surface area contributed by atoms with Crippen LogP contribution in [0.3, 0.4) is 0 Å². The molecule has 99 valence electrons. The molecule has 0 saturated heterocycles. The van der Waals surface area contributed by atoms with Gasteiger partial charge in [0.05, 0.1) is 0 Å². The monoisotopic (exact) mass is 248 g/mol. The summed E-state index contributed by atoms with van der Waals surface area (Å²) in [5, 5.41) is 2.86. The molecule has 1 unspecified atom stereocenters. The second-order valence-electron chi connectivity index (χ2n) is 5.38. The zero-order valence-electron chi connectivity index (χ0n) is 11.6. The average molecular weight is 248 g/mol. The van der Waals surface area contributed by atoms with Crippen LogP contribution < -0.4 is 5.32 Å². The summed E-state index contributed by atoms with van der Waals surface area (Å²) in [6.07, 6.45) is 1.60. The molecule has 1 radical (unpaired) electrons. The summed E-state index contributed by atoms with van der Waals surface area (Å²) in [5.74, 6) is 0. The van der Waals surface area contributed by atoms with Crippen LogP contribution in [0.5, 0.6) is 0 Å². The summed E-state index contributed by atoms with van der Waals surface area (Å²) in [4.78, 5) is 11.7. The van der Waals surface area contributed by atoms with E-state index in [2.05, 4.69) is 26.1 Å². The standard InChI is InChI=1S/C15H22NO2/c1-5-13(15(2,3)4)16-14(17)18-11-12-9-7-6-8-10-12/h5-10,13H,11H2,1-4H3,(H,16,17). The zero-order chi connectivity index (χ0) is 13.6. The van der Waals surface area contributed by atoms with E-state index in [9.17, 15) is 4.79 Å². The van der Waals surface area contributed by atoms with Crippen LogP contribution in [0.2, 0.25) is 0 Å². The van der Waals surface area contributed by atoms with Gasteiger partial charge in [0.25, 0.3) is 0 Å². The number of carbonyl (C=O) groups is 1. The molecule has 3 heteroatoms. The Balaban J connectivity index is 2.42. The van der Waals surface area contributed by atoms with E-state index in [0.717, 1.165) is 5.56 Å². The number of alkyl carbamates (subject to hydrolysis) is 1. The molecule has 0 fully saturated rings. The average Bonchev–Trinajstić information content (AvgIpc) is 2.33. The van der Waals surface area contributed by atoms with Gasteiger partial charge >= 0.3 is 6.09 Å². The molecule has 0 bridgehead atoms. The fraction of sp³-hybridized carbons (Fsp3) is 0.467. The van der Waals surface area contributed by atoms with Crippen LogP contribution in [0, 0.1) is 11.8 Å². The molecule has 1 rings (SSSR count). The van der Waals surface area contributed by atoms with Gasteiger partial charge in [-0.2, -0.15) is 0 Å². The summed E-state index contributed by atoms with van der Waals surface area (Å²) >= 11 is 0. The molecule has 3 nitrogen and oxygen atoms in total. The normalized spacial score (nSPS) is 12.9. The first-order valence-electron chi connectivity index (χ1n) is 6.20. The highest BCUT2D eigenvalue weighted by atomic mass is 16.5. The molecule has 1 N–H and O–H groups in total. The van der Waals surface area contributed by atoms with Crippen molar-refractivity contribution >= 4 is 6.09 Å². The number of nitrogens with one attached hydrogen (secondary N) is 1. The predicted octanol–water partition coefficient (Wildman–Crippen LogP) is 3.55. The van der Waals surface area contributed by atoms with Crippen LogP contribution in [0.1, 0.15) is 33.3 Å². The first-order valence-corrected chi connectivity index (χ1v) is 6.20. The largest absolute Gasteiger partial charge is 0.445 e. The van der Waals surface area contributed by atoms with E-state index in [1.54, 1.807) is 0 Å². The van der Waals surface area contributed by atoms with E-state index in [4.69, 9.17) is 4.74 Å². The molecule has 1 aromatic rings. The van der Waals surface area contributed by atoms with Gasteiger partial charge in [-0.1, -0.05) is 58.0 Å². The molecule has 1 aromatic carbocycles.